The van der Waals surface area contributed by atoms with Crippen LogP contribution in [0, 0.1) is 0 Å². The highest BCUT2D eigenvalue weighted by atomic mass is 35.5. The van der Waals surface area contributed by atoms with Gasteiger partial charge in [-0.2, -0.15) is 0 Å². The van der Waals surface area contributed by atoms with Crippen molar-refractivity contribution in [3.63, 3.8) is 0 Å². The van der Waals surface area contributed by atoms with Crippen LogP contribution in [0.5, 0.6) is 0 Å². The van der Waals surface area contributed by atoms with E-state index in [0.29, 0.717) is 10.0 Å². The molecular weight excluding hydrogens is 257 g/mol. The van der Waals surface area contributed by atoms with Crippen LogP contribution in [0.4, 0.5) is 0 Å². The number of methoxy groups -OCH3 is 1. The Morgan fingerprint density at radius 2 is 2.06 bits per heavy atom. The smallest absolute Gasteiger partial charge is 0.0667 e. The standard InChI is InChI=1S/C13H19Cl2NO/c1-4-13(16-8-9(2)17-3)11-6-5-10(14)7-12(11)15/h5-7,9,13,16H,4,8H2,1-3H3. The predicted molar refractivity (Wildman–Crippen MR) is 74.0 cm³/mol. The van der Waals surface area contributed by atoms with Crippen molar-refractivity contribution in [3.05, 3.63) is 33.8 Å². The SMILES string of the molecule is CCC(NCC(C)OC)c1ccc(Cl)cc1Cl. The van der Waals surface area contributed by atoms with E-state index in [1.807, 2.05) is 19.1 Å². The van der Waals surface area contributed by atoms with Crippen molar-refractivity contribution in [1.82, 2.24) is 5.32 Å². The van der Waals surface area contributed by atoms with Crippen molar-refractivity contribution in [2.75, 3.05) is 13.7 Å². The first-order valence-corrected chi connectivity index (χ1v) is 6.55. The summed E-state index contributed by atoms with van der Waals surface area (Å²) >= 11 is 12.1. The summed E-state index contributed by atoms with van der Waals surface area (Å²) in [5.41, 5.74) is 1.09. The summed E-state index contributed by atoms with van der Waals surface area (Å²) in [6, 6.07) is 5.86. The zero-order valence-electron chi connectivity index (χ0n) is 10.5. The van der Waals surface area contributed by atoms with E-state index in [9.17, 15) is 0 Å². The van der Waals surface area contributed by atoms with Crippen molar-refractivity contribution in [2.24, 2.45) is 0 Å². The van der Waals surface area contributed by atoms with E-state index in [0.717, 1.165) is 18.5 Å². The molecule has 2 atom stereocenters. The van der Waals surface area contributed by atoms with Crippen molar-refractivity contribution in [3.8, 4) is 0 Å². The second-order valence-corrected chi connectivity index (χ2v) is 4.92. The first-order chi connectivity index (χ1) is 8.08. The average molecular weight is 276 g/mol. The van der Waals surface area contributed by atoms with E-state index in [4.69, 9.17) is 27.9 Å². The zero-order valence-corrected chi connectivity index (χ0v) is 12.0. The molecule has 96 valence electrons. The van der Waals surface area contributed by atoms with E-state index >= 15 is 0 Å². The van der Waals surface area contributed by atoms with Crippen LogP contribution < -0.4 is 5.32 Å². The lowest BCUT2D eigenvalue weighted by atomic mass is 10.0. The van der Waals surface area contributed by atoms with E-state index in [1.165, 1.54) is 0 Å². The number of benzene rings is 1. The molecule has 2 unspecified atom stereocenters. The van der Waals surface area contributed by atoms with E-state index < -0.39 is 0 Å². The molecule has 0 aliphatic heterocycles. The highest BCUT2D eigenvalue weighted by molar-refractivity contribution is 6.35. The van der Waals surface area contributed by atoms with E-state index in [2.05, 4.69) is 12.2 Å². The normalized spacial score (nSPS) is 14.6. The van der Waals surface area contributed by atoms with E-state index in [-0.39, 0.29) is 12.1 Å². The van der Waals surface area contributed by atoms with Gasteiger partial charge in [-0.1, -0.05) is 36.2 Å². The van der Waals surface area contributed by atoms with Crippen LogP contribution in [0.15, 0.2) is 18.2 Å². The quantitative estimate of drug-likeness (QED) is 0.845. The van der Waals surface area contributed by atoms with Gasteiger partial charge in [0.15, 0.2) is 0 Å². The number of ether oxygens (including phenoxy) is 1. The van der Waals surface area contributed by atoms with Gasteiger partial charge in [-0.25, -0.2) is 0 Å². The van der Waals surface area contributed by atoms with Crippen LogP contribution >= 0.6 is 23.2 Å². The Morgan fingerprint density at radius 3 is 2.59 bits per heavy atom. The summed E-state index contributed by atoms with van der Waals surface area (Å²) in [4.78, 5) is 0. The number of rotatable bonds is 6. The fraction of sp³-hybridized carbons (Fsp3) is 0.538. The Bertz CT molecular complexity index is 357. The molecule has 1 N–H and O–H groups in total. The first kappa shape index (κ1) is 14.8. The minimum Gasteiger partial charge on any atom is -0.380 e. The molecule has 0 aliphatic rings. The van der Waals surface area contributed by atoms with Crippen molar-refractivity contribution in [2.45, 2.75) is 32.4 Å². The second kappa shape index (κ2) is 7.22. The molecule has 0 fully saturated rings. The average Bonchev–Trinajstić information content (AvgIpc) is 2.31. The second-order valence-electron chi connectivity index (χ2n) is 4.08. The lowest BCUT2D eigenvalue weighted by molar-refractivity contribution is 0.114. The summed E-state index contributed by atoms with van der Waals surface area (Å²) in [6.45, 7) is 4.96. The Kier molecular flexibility index (Phi) is 6.28. The number of hydrogen-bond acceptors (Lipinski definition) is 2. The van der Waals surface area contributed by atoms with Gasteiger partial charge >= 0.3 is 0 Å². The topological polar surface area (TPSA) is 21.3 Å². The Labute approximate surface area is 113 Å². The van der Waals surface area contributed by atoms with Gasteiger partial charge in [0.25, 0.3) is 0 Å². The van der Waals surface area contributed by atoms with Crippen LogP contribution in [-0.4, -0.2) is 19.8 Å². The molecule has 4 heteroatoms. The van der Waals surface area contributed by atoms with Crippen LogP contribution in [0.3, 0.4) is 0 Å². The largest absolute Gasteiger partial charge is 0.380 e. The molecular formula is C13H19Cl2NO. The Hall–Kier alpha value is -0.280. The van der Waals surface area contributed by atoms with Gasteiger partial charge in [0.1, 0.15) is 0 Å². The number of halogens is 2. The summed E-state index contributed by atoms with van der Waals surface area (Å²) in [7, 11) is 1.71. The molecule has 0 bridgehead atoms. The molecule has 1 rings (SSSR count). The molecule has 0 saturated carbocycles. The fourth-order valence-corrected chi connectivity index (χ4v) is 2.19. The van der Waals surface area contributed by atoms with Crippen molar-refractivity contribution >= 4 is 23.2 Å². The first-order valence-electron chi connectivity index (χ1n) is 5.79. The Balaban J connectivity index is 2.72. The lowest BCUT2D eigenvalue weighted by Gasteiger charge is -2.21. The van der Waals surface area contributed by atoms with Crippen molar-refractivity contribution in [1.29, 1.82) is 0 Å². The summed E-state index contributed by atoms with van der Waals surface area (Å²) < 4.78 is 5.21. The van der Waals surface area contributed by atoms with Gasteiger partial charge in [-0.05, 0) is 31.0 Å². The number of nitrogens with one attached hydrogen (secondary N) is 1. The van der Waals surface area contributed by atoms with Crippen LogP contribution in [0.1, 0.15) is 31.9 Å². The molecule has 0 heterocycles. The highest BCUT2D eigenvalue weighted by Gasteiger charge is 2.13. The number of hydrogen-bond donors (Lipinski definition) is 1. The predicted octanol–water partition coefficient (Wildman–Crippen LogP) is 4.07. The van der Waals surface area contributed by atoms with Gasteiger partial charge in [-0.15, -0.1) is 0 Å². The van der Waals surface area contributed by atoms with Crippen LogP contribution in [0.25, 0.3) is 0 Å². The van der Waals surface area contributed by atoms with Crippen LogP contribution in [-0.2, 0) is 4.74 Å². The molecule has 0 radical (unpaired) electrons. The third-order valence-electron chi connectivity index (χ3n) is 2.80. The molecule has 1 aromatic rings. The summed E-state index contributed by atoms with van der Waals surface area (Å²) in [5.74, 6) is 0. The third-order valence-corrected chi connectivity index (χ3v) is 3.36. The van der Waals surface area contributed by atoms with Gasteiger partial charge in [0, 0.05) is 29.7 Å². The molecule has 2 nitrogen and oxygen atoms in total. The lowest BCUT2D eigenvalue weighted by Crippen LogP contribution is -2.29. The minimum atomic E-state index is 0.190. The monoisotopic (exact) mass is 275 g/mol. The third kappa shape index (κ3) is 4.47. The molecule has 0 saturated heterocycles. The molecule has 0 aromatic heterocycles. The molecule has 0 amide bonds. The van der Waals surface area contributed by atoms with Crippen LogP contribution in [0.2, 0.25) is 10.0 Å². The maximum atomic E-state index is 6.20. The van der Waals surface area contributed by atoms with Crippen molar-refractivity contribution < 1.29 is 4.74 Å². The minimum absolute atomic E-state index is 0.190. The molecule has 0 spiro atoms. The maximum Gasteiger partial charge on any atom is 0.0667 e. The van der Waals surface area contributed by atoms with Gasteiger partial charge in [0.05, 0.1) is 6.10 Å². The zero-order chi connectivity index (χ0) is 12.8. The van der Waals surface area contributed by atoms with Gasteiger partial charge in [0.2, 0.25) is 0 Å². The molecule has 0 aliphatic carbocycles. The summed E-state index contributed by atoms with van der Waals surface area (Å²) in [5, 5.41) is 4.82. The van der Waals surface area contributed by atoms with E-state index in [1.54, 1.807) is 13.2 Å². The highest BCUT2D eigenvalue weighted by Crippen LogP contribution is 2.27. The fourth-order valence-electron chi connectivity index (χ4n) is 1.65. The maximum absolute atomic E-state index is 6.20. The molecule has 17 heavy (non-hydrogen) atoms. The van der Waals surface area contributed by atoms with Gasteiger partial charge < -0.3 is 10.1 Å². The van der Waals surface area contributed by atoms with Gasteiger partial charge in [-0.3, -0.25) is 0 Å². The molecule has 1 aromatic carbocycles. The summed E-state index contributed by atoms with van der Waals surface area (Å²) in [6.07, 6.45) is 1.16. The Morgan fingerprint density at radius 1 is 1.35 bits per heavy atom.